The van der Waals surface area contributed by atoms with Crippen LogP contribution in [0.1, 0.15) is 32.6 Å². The summed E-state index contributed by atoms with van der Waals surface area (Å²) < 4.78 is 16.0. The fraction of sp³-hybridized carbons (Fsp3) is 0.421. The van der Waals surface area contributed by atoms with Gasteiger partial charge in [-0.05, 0) is 32.0 Å². The second-order valence-corrected chi connectivity index (χ2v) is 6.56. The van der Waals surface area contributed by atoms with Gasteiger partial charge in [0, 0.05) is 31.5 Å². The van der Waals surface area contributed by atoms with Crippen LogP contribution in [0.4, 0.5) is 0 Å². The molecule has 0 saturated heterocycles. The highest BCUT2D eigenvalue weighted by molar-refractivity contribution is 6.01. The van der Waals surface area contributed by atoms with Crippen LogP contribution in [0.25, 0.3) is 11.4 Å². The molecule has 1 aromatic heterocycles. The number of amides is 2. The lowest BCUT2D eigenvalue weighted by atomic mass is 10.1. The van der Waals surface area contributed by atoms with Crippen molar-refractivity contribution < 1.29 is 23.6 Å². The summed E-state index contributed by atoms with van der Waals surface area (Å²) in [4.78, 5) is 30.6. The van der Waals surface area contributed by atoms with Gasteiger partial charge in [-0.25, -0.2) is 5.01 Å². The average Bonchev–Trinajstić information content (AvgIpc) is 3.39. The van der Waals surface area contributed by atoms with Crippen molar-refractivity contribution in [2.75, 3.05) is 26.4 Å². The molecule has 29 heavy (non-hydrogen) atoms. The van der Waals surface area contributed by atoms with Gasteiger partial charge in [0.15, 0.2) is 11.5 Å². The third-order valence-corrected chi connectivity index (χ3v) is 4.81. The highest BCUT2D eigenvalue weighted by Crippen LogP contribution is 2.35. The van der Waals surface area contributed by atoms with E-state index in [0.29, 0.717) is 48.1 Å². The molecule has 2 aromatic rings. The number of fused-ring (bicyclic) bond motifs is 1. The molecule has 0 unspecified atom stereocenters. The van der Waals surface area contributed by atoms with Crippen LogP contribution in [0, 0.1) is 0 Å². The average molecular weight is 399 g/mol. The van der Waals surface area contributed by atoms with Crippen molar-refractivity contribution in [3.8, 4) is 22.9 Å². The first-order valence-electron chi connectivity index (χ1n) is 9.48. The second-order valence-electron chi connectivity index (χ2n) is 6.56. The molecule has 4 rings (SSSR count). The number of hydrogen-bond donors (Lipinski definition) is 0. The molecule has 152 valence electrons. The summed E-state index contributed by atoms with van der Waals surface area (Å²) in [5.41, 5.74) is 1.20. The predicted molar refractivity (Wildman–Crippen MR) is 101 cm³/mol. The van der Waals surface area contributed by atoms with Crippen molar-refractivity contribution in [2.45, 2.75) is 26.7 Å². The maximum Gasteiger partial charge on any atom is 0.274 e. The zero-order chi connectivity index (χ0) is 20.4. The normalized spacial score (nSPS) is 15.4. The van der Waals surface area contributed by atoms with Crippen molar-refractivity contribution >= 4 is 17.5 Å². The molecule has 0 bridgehead atoms. The Bertz CT molecular complexity index is 966. The van der Waals surface area contributed by atoms with Gasteiger partial charge in [-0.1, -0.05) is 5.16 Å². The van der Waals surface area contributed by atoms with Crippen molar-refractivity contribution in [1.82, 2.24) is 20.0 Å². The molecular weight excluding hydrogens is 378 g/mol. The maximum atomic E-state index is 12.3. The van der Waals surface area contributed by atoms with E-state index in [-0.39, 0.29) is 37.5 Å². The molecule has 3 heterocycles. The number of hydrazone groups is 1. The molecule has 0 aliphatic carbocycles. The summed E-state index contributed by atoms with van der Waals surface area (Å²) in [5, 5.41) is 9.49. The summed E-state index contributed by atoms with van der Waals surface area (Å²) in [5.74, 6) is 1.54. The lowest BCUT2D eigenvalue weighted by Gasteiger charge is -2.25. The van der Waals surface area contributed by atoms with E-state index < -0.39 is 0 Å². The SMILES string of the molecule is CCN(CC)C(=O)CN1N=C(c2nc(-c3ccc4c(c3)OCO4)no2)CCC1=O. The van der Waals surface area contributed by atoms with E-state index in [2.05, 4.69) is 15.2 Å². The molecule has 0 radical (unpaired) electrons. The van der Waals surface area contributed by atoms with E-state index in [0.717, 1.165) is 0 Å². The monoisotopic (exact) mass is 399 g/mol. The van der Waals surface area contributed by atoms with Crippen molar-refractivity contribution in [3.63, 3.8) is 0 Å². The number of aromatic nitrogens is 2. The molecule has 2 amide bonds. The van der Waals surface area contributed by atoms with Crippen LogP contribution < -0.4 is 9.47 Å². The van der Waals surface area contributed by atoms with Gasteiger partial charge in [0.1, 0.15) is 12.3 Å². The molecular formula is C19H21N5O5. The molecule has 0 fully saturated rings. The van der Waals surface area contributed by atoms with Gasteiger partial charge in [-0.3, -0.25) is 9.59 Å². The number of benzene rings is 1. The Labute approximate surface area is 167 Å². The number of rotatable bonds is 6. The Morgan fingerprint density at radius 1 is 1.17 bits per heavy atom. The van der Waals surface area contributed by atoms with Crippen molar-refractivity contribution in [3.05, 3.63) is 24.1 Å². The van der Waals surface area contributed by atoms with E-state index in [9.17, 15) is 9.59 Å². The van der Waals surface area contributed by atoms with E-state index >= 15 is 0 Å². The Balaban J connectivity index is 1.53. The van der Waals surface area contributed by atoms with Crippen LogP contribution in [0.3, 0.4) is 0 Å². The van der Waals surface area contributed by atoms with Crippen LogP contribution in [0.5, 0.6) is 11.5 Å². The fourth-order valence-electron chi connectivity index (χ4n) is 3.18. The summed E-state index contributed by atoms with van der Waals surface area (Å²) in [6, 6.07) is 5.37. The molecule has 0 saturated carbocycles. The van der Waals surface area contributed by atoms with Gasteiger partial charge in [0.2, 0.25) is 24.4 Å². The van der Waals surface area contributed by atoms with Crippen LogP contribution in [-0.2, 0) is 9.59 Å². The van der Waals surface area contributed by atoms with Crippen molar-refractivity contribution in [1.29, 1.82) is 0 Å². The minimum absolute atomic E-state index is 0.104. The first kappa shape index (κ1) is 18.9. The number of hydrogen-bond acceptors (Lipinski definition) is 8. The Morgan fingerprint density at radius 2 is 1.97 bits per heavy atom. The fourth-order valence-corrected chi connectivity index (χ4v) is 3.18. The summed E-state index contributed by atoms with van der Waals surface area (Å²) in [7, 11) is 0. The van der Waals surface area contributed by atoms with E-state index in [1.807, 2.05) is 19.9 Å². The number of carbonyl (C=O) groups is 2. The summed E-state index contributed by atoms with van der Waals surface area (Å²) in [6.45, 7) is 5.03. The Hall–Kier alpha value is -3.43. The largest absolute Gasteiger partial charge is 0.454 e. The van der Waals surface area contributed by atoms with E-state index in [4.69, 9.17) is 14.0 Å². The van der Waals surface area contributed by atoms with Crippen LogP contribution in [0.2, 0.25) is 0 Å². The smallest absolute Gasteiger partial charge is 0.274 e. The standard InChI is InChI=1S/C19H21N5O5/c1-3-23(4-2)17(26)10-24-16(25)8-6-13(21-24)19-20-18(22-29-19)12-5-7-14-15(9-12)28-11-27-14/h5,7,9H,3-4,6,8,10-11H2,1-2H3. The molecule has 10 heteroatoms. The number of ether oxygens (including phenoxy) is 2. The topological polar surface area (TPSA) is 110 Å². The quantitative estimate of drug-likeness (QED) is 0.726. The van der Waals surface area contributed by atoms with E-state index in [1.54, 1.807) is 17.0 Å². The maximum absolute atomic E-state index is 12.3. The van der Waals surface area contributed by atoms with Crippen LogP contribution in [-0.4, -0.2) is 64.0 Å². The van der Waals surface area contributed by atoms with Gasteiger partial charge >= 0.3 is 0 Å². The molecule has 0 spiro atoms. The molecule has 2 aliphatic rings. The van der Waals surface area contributed by atoms with E-state index in [1.165, 1.54) is 5.01 Å². The third-order valence-electron chi connectivity index (χ3n) is 4.81. The lowest BCUT2D eigenvalue weighted by Crippen LogP contribution is -2.42. The molecule has 0 atom stereocenters. The third kappa shape index (κ3) is 3.78. The minimum atomic E-state index is -0.204. The Morgan fingerprint density at radius 3 is 2.76 bits per heavy atom. The highest BCUT2D eigenvalue weighted by atomic mass is 16.7. The summed E-state index contributed by atoms with van der Waals surface area (Å²) in [6.07, 6.45) is 0.601. The van der Waals surface area contributed by atoms with Crippen LogP contribution in [0.15, 0.2) is 27.8 Å². The first-order valence-corrected chi connectivity index (χ1v) is 9.48. The van der Waals surface area contributed by atoms with Gasteiger partial charge in [0.05, 0.1) is 0 Å². The summed E-state index contributed by atoms with van der Waals surface area (Å²) >= 11 is 0. The van der Waals surface area contributed by atoms with Crippen LogP contribution >= 0.6 is 0 Å². The molecule has 0 N–H and O–H groups in total. The second kappa shape index (κ2) is 7.90. The van der Waals surface area contributed by atoms with Gasteiger partial charge < -0.3 is 18.9 Å². The number of nitrogens with zero attached hydrogens (tertiary/aromatic N) is 5. The van der Waals surface area contributed by atoms with Gasteiger partial charge in [-0.15, -0.1) is 0 Å². The predicted octanol–water partition coefficient (Wildman–Crippen LogP) is 1.66. The molecule has 2 aliphatic heterocycles. The molecule has 1 aromatic carbocycles. The number of likely N-dealkylation sites (N-methyl/N-ethyl adjacent to an activating group) is 1. The highest BCUT2D eigenvalue weighted by Gasteiger charge is 2.27. The zero-order valence-corrected chi connectivity index (χ0v) is 16.3. The minimum Gasteiger partial charge on any atom is -0.454 e. The zero-order valence-electron chi connectivity index (χ0n) is 16.3. The van der Waals surface area contributed by atoms with Gasteiger partial charge in [-0.2, -0.15) is 10.1 Å². The number of carbonyl (C=O) groups excluding carboxylic acids is 2. The van der Waals surface area contributed by atoms with Gasteiger partial charge in [0.25, 0.3) is 5.89 Å². The Kier molecular flexibility index (Phi) is 5.15. The van der Waals surface area contributed by atoms with Crippen molar-refractivity contribution in [2.24, 2.45) is 5.10 Å². The first-order chi connectivity index (χ1) is 14.1. The lowest BCUT2D eigenvalue weighted by molar-refractivity contribution is -0.140. The molecule has 10 nitrogen and oxygen atoms in total.